The first-order valence-corrected chi connectivity index (χ1v) is 11.4. The molecule has 1 amide bonds. The zero-order valence-corrected chi connectivity index (χ0v) is 18.0. The summed E-state index contributed by atoms with van der Waals surface area (Å²) in [6.07, 6.45) is 7.21. The Morgan fingerprint density at radius 1 is 1.00 bits per heavy atom. The topological polar surface area (TPSA) is 68.2 Å². The fourth-order valence-corrected chi connectivity index (χ4v) is 4.35. The van der Waals surface area contributed by atoms with Crippen LogP contribution in [-0.2, 0) is 6.54 Å². The van der Waals surface area contributed by atoms with Gasteiger partial charge in [0.2, 0.25) is 0 Å². The summed E-state index contributed by atoms with van der Waals surface area (Å²) in [4.78, 5) is 17.0. The molecule has 2 aliphatic rings. The number of likely N-dealkylation sites (tertiary alicyclic amines) is 1. The van der Waals surface area contributed by atoms with Gasteiger partial charge in [0.1, 0.15) is 0 Å². The molecule has 2 N–H and O–H groups in total. The summed E-state index contributed by atoms with van der Waals surface area (Å²) < 4.78 is 0. The first kappa shape index (κ1) is 21.5. The minimum Gasteiger partial charge on any atom is -0.392 e. The minimum absolute atomic E-state index is 0.221. The van der Waals surface area contributed by atoms with Crippen LogP contribution in [0.4, 0.5) is 5.69 Å². The van der Waals surface area contributed by atoms with Gasteiger partial charge in [-0.05, 0) is 74.0 Å². The van der Waals surface area contributed by atoms with Gasteiger partial charge in [0.05, 0.1) is 12.3 Å². The van der Waals surface area contributed by atoms with E-state index < -0.39 is 0 Å². The Hall–Kier alpha value is -2.70. The highest BCUT2D eigenvalue weighted by Crippen LogP contribution is 2.20. The Morgan fingerprint density at radius 3 is 2.45 bits per heavy atom. The van der Waals surface area contributed by atoms with Crippen molar-refractivity contribution in [2.75, 3.05) is 31.1 Å². The highest BCUT2D eigenvalue weighted by atomic mass is 16.3. The SMILES string of the molecule is O=C(N/N=C/c1ccc(N2CCCCC2)cc1)c1ccc(CN2CCCC(O)C2)cc1. The standard InChI is InChI=1S/C25H32N4O2/c30-24-5-4-14-28(19-24)18-21-6-10-22(11-7-21)25(31)27-26-17-20-8-12-23(13-9-20)29-15-2-1-3-16-29/h6-13,17,24,30H,1-5,14-16,18-19H2,(H,27,31)/b26-17+. The monoisotopic (exact) mass is 420 g/mol. The number of nitrogens with zero attached hydrogens (tertiary/aromatic N) is 3. The molecular formula is C25H32N4O2. The summed E-state index contributed by atoms with van der Waals surface area (Å²) in [5, 5.41) is 13.9. The second-order valence-corrected chi connectivity index (χ2v) is 8.57. The second-order valence-electron chi connectivity index (χ2n) is 8.57. The first-order chi connectivity index (χ1) is 15.2. The van der Waals surface area contributed by atoms with Gasteiger partial charge in [0.25, 0.3) is 5.91 Å². The molecule has 2 aromatic rings. The summed E-state index contributed by atoms with van der Waals surface area (Å²) in [6, 6.07) is 15.9. The van der Waals surface area contributed by atoms with Crippen LogP contribution in [-0.4, -0.2) is 54.4 Å². The molecule has 4 rings (SSSR count). The molecule has 2 aliphatic heterocycles. The number of piperidine rings is 2. The molecule has 2 saturated heterocycles. The van der Waals surface area contributed by atoms with E-state index in [1.54, 1.807) is 6.21 Å². The average Bonchev–Trinajstić information content (AvgIpc) is 2.80. The Labute approximate surface area is 184 Å². The number of β-amino-alcohol motifs (C(OH)–C–C–N with tert-alkyl or cyclic N) is 1. The summed E-state index contributed by atoms with van der Waals surface area (Å²) in [5.74, 6) is -0.221. The third-order valence-corrected chi connectivity index (χ3v) is 6.10. The smallest absolute Gasteiger partial charge is 0.271 e. The van der Waals surface area contributed by atoms with Gasteiger partial charge in [0.15, 0.2) is 0 Å². The number of nitrogens with one attached hydrogen (secondary N) is 1. The summed E-state index contributed by atoms with van der Waals surface area (Å²) >= 11 is 0. The van der Waals surface area contributed by atoms with Crippen molar-refractivity contribution in [1.29, 1.82) is 0 Å². The van der Waals surface area contributed by atoms with E-state index in [-0.39, 0.29) is 12.0 Å². The number of amides is 1. The lowest BCUT2D eigenvalue weighted by atomic mass is 10.1. The molecule has 0 radical (unpaired) electrons. The van der Waals surface area contributed by atoms with Gasteiger partial charge in [-0.1, -0.05) is 24.3 Å². The number of hydrogen-bond acceptors (Lipinski definition) is 5. The zero-order valence-electron chi connectivity index (χ0n) is 18.0. The van der Waals surface area contributed by atoms with Crippen LogP contribution in [0.15, 0.2) is 53.6 Å². The summed E-state index contributed by atoms with van der Waals surface area (Å²) in [5.41, 5.74) is 6.54. The lowest BCUT2D eigenvalue weighted by Crippen LogP contribution is -2.37. The van der Waals surface area contributed by atoms with E-state index in [2.05, 4.69) is 32.5 Å². The van der Waals surface area contributed by atoms with Gasteiger partial charge < -0.3 is 10.0 Å². The van der Waals surface area contributed by atoms with E-state index in [4.69, 9.17) is 0 Å². The molecular weight excluding hydrogens is 388 g/mol. The van der Waals surface area contributed by atoms with Crippen molar-refractivity contribution >= 4 is 17.8 Å². The van der Waals surface area contributed by atoms with E-state index in [9.17, 15) is 9.90 Å². The van der Waals surface area contributed by atoms with E-state index in [1.807, 2.05) is 36.4 Å². The molecule has 0 saturated carbocycles. The number of anilines is 1. The summed E-state index contributed by atoms with van der Waals surface area (Å²) in [7, 11) is 0. The van der Waals surface area contributed by atoms with Crippen LogP contribution in [0.5, 0.6) is 0 Å². The van der Waals surface area contributed by atoms with E-state index in [0.717, 1.165) is 56.7 Å². The molecule has 0 aromatic heterocycles. The van der Waals surface area contributed by atoms with Crippen LogP contribution in [0.2, 0.25) is 0 Å². The largest absolute Gasteiger partial charge is 0.392 e. The molecule has 1 atom stereocenters. The number of carbonyl (C=O) groups excluding carboxylic acids is 1. The molecule has 164 valence electrons. The van der Waals surface area contributed by atoms with Gasteiger partial charge in [-0.2, -0.15) is 5.10 Å². The Kier molecular flexibility index (Phi) is 7.33. The maximum atomic E-state index is 12.4. The molecule has 2 aromatic carbocycles. The number of aliphatic hydroxyl groups is 1. The number of benzene rings is 2. The maximum absolute atomic E-state index is 12.4. The van der Waals surface area contributed by atoms with Gasteiger partial charge >= 0.3 is 0 Å². The number of hydrogen-bond donors (Lipinski definition) is 2. The van der Waals surface area contributed by atoms with Crippen LogP contribution in [0.1, 0.15) is 53.6 Å². The molecule has 6 nitrogen and oxygen atoms in total. The fraction of sp³-hybridized carbons (Fsp3) is 0.440. The molecule has 2 heterocycles. The first-order valence-electron chi connectivity index (χ1n) is 11.4. The Balaban J connectivity index is 1.26. The van der Waals surface area contributed by atoms with Crippen LogP contribution in [0.25, 0.3) is 0 Å². The van der Waals surface area contributed by atoms with Crippen LogP contribution in [0.3, 0.4) is 0 Å². The predicted molar refractivity (Wildman–Crippen MR) is 125 cm³/mol. The van der Waals surface area contributed by atoms with Gasteiger partial charge in [-0.3, -0.25) is 9.69 Å². The van der Waals surface area contributed by atoms with Crippen LogP contribution in [0, 0.1) is 0 Å². The van der Waals surface area contributed by atoms with Gasteiger partial charge in [-0.15, -0.1) is 0 Å². The van der Waals surface area contributed by atoms with Crippen molar-refractivity contribution in [2.45, 2.75) is 44.8 Å². The fourth-order valence-electron chi connectivity index (χ4n) is 4.35. The molecule has 6 heteroatoms. The average molecular weight is 421 g/mol. The van der Waals surface area contributed by atoms with Crippen molar-refractivity contribution in [2.24, 2.45) is 5.10 Å². The minimum atomic E-state index is -0.224. The lowest BCUT2D eigenvalue weighted by molar-refractivity contribution is 0.0668. The third-order valence-electron chi connectivity index (χ3n) is 6.10. The third kappa shape index (κ3) is 6.15. The summed E-state index contributed by atoms with van der Waals surface area (Å²) in [6.45, 7) is 4.78. The van der Waals surface area contributed by atoms with Crippen molar-refractivity contribution in [1.82, 2.24) is 10.3 Å². The number of carbonyl (C=O) groups is 1. The maximum Gasteiger partial charge on any atom is 0.271 e. The predicted octanol–water partition coefficient (Wildman–Crippen LogP) is 3.40. The van der Waals surface area contributed by atoms with Crippen LogP contribution < -0.4 is 10.3 Å². The van der Waals surface area contributed by atoms with Crippen molar-refractivity contribution < 1.29 is 9.90 Å². The number of rotatable bonds is 6. The van der Waals surface area contributed by atoms with Crippen molar-refractivity contribution in [3.8, 4) is 0 Å². The Bertz CT molecular complexity index is 873. The lowest BCUT2D eigenvalue weighted by Gasteiger charge is -2.29. The number of hydrazone groups is 1. The van der Waals surface area contributed by atoms with E-state index in [0.29, 0.717) is 5.56 Å². The molecule has 0 spiro atoms. The number of aliphatic hydroxyl groups excluding tert-OH is 1. The quantitative estimate of drug-likeness (QED) is 0.555. The molecule has 0 bridgehead atoms. The molecule has 31 heavy (non-hydrogen) atoms. The Morgan fingerprint density at radius 2 is 1.74 bits per heavy atom. The highest BCUT2D eigenvalue weighted by molar-refractivity contribution is 5.94. The second kappa shape index (κ2) is 10.6. The molecule has 0 aliphatic carbocycles. The van der Waals surface area contributed by atoms with Crippen molar-refractivity contribution in [3.63, 3.8) is 0 Å². The van der Waals surface area contributed by atoms with Crippen LogP contribution >= 0.6 is 0 Å². The van der Waals surface area contributed by atoms with Gasteiger partial charge in [0, 0.05) is 37.4 Å². The van der Waals surface area contributed by atoms with Crippen molar-refractivity contribution in [3.05, 3.63) is 65.2 Å². The molecule has 1 unspecified atom stereocenters. The van der Waals surface area contributed by atoms with E-state index >= 15 is 0 Å². The normalized spacial score (nSPS) is 20.2. The highest BCUT2D eigenvalue weighted by Gasteiger charge is 2.17. The van der Waals surface area contributed by atoms with E-state index in [1.165, 1.54) is 24.9 Å². The van der Waals surface area contributed by atoms with Gasteiger partial charge in [-0.25, -0.2) is 5.43 Å². The zero-order chi connectivity index (χ0) is 21.5. The molecule has 2 fully saturated rings.